The van der Waals surface area contributed by atoms with Crippen molar-refractivity contribution in [2.45, 2.75) is 39.5 Å². The molecule has 0 aliphatic carbocycles. The van der Waals surface area contributed by atoms with E-state index in [4.69, 9.17) is 14.2 Å². The zero-order valence-electron chi connectivity index (χ0n) is 22.4. The lowest BCUT2D eigenvalue weighted by Gasteiger charge is -2.17. The fraction of sp³-hybridized carbons (Fsp3) is 0.242. The Labute approximate surface area is 229 Å². The number of carboxylic acid groups (broad SMARTS) is 1. The zero-order chi connectivity index (χ0) is 27.6. The van der Waals surface area contributed by atoms with Crippen molar-refractivity contribution in [3.05, 3.63) is 102 Å². The number of para-hydroxylation sites is 1. The van der Waals surface area contributed by atoms with Gasteiger partial charge in [-0.05, 0) is 54.8 Å². The van der Waals surface area contributed by atoms with E-state index >= 15 is 0 Å². The maximum Gasteiger partial charge on any atom is 0.339 e. The van der Waals surface area contributed by atoms with E-state index in [1.165, 1.54) is 6.07 Å². The molecule has 0 bridgehead atoms. The molecule has 0 unspecified atom stereocenters. The summed E-state index contributed by atoms with van der Waals surface area (Å²) in [7, 11) is 0. The molecule has 0 saturated carbocycles. The molecular formula is C33H34O6. The Kier molecular flexibility index (Phi) is 9.46. The van der Waals surface area contributed by atoms with Crippen molar-refractivity contribution in [2.24, 2.45) is 0 Å². The first kappa shape index (κ1) is 27.6. The number of rotatable bonds is 13. The molecule has 0 fully saturated rings. The minimum Gasteiger partial charge on any atom is -0.507 e. The summed E-state index contributed by atoms with van der Waals surface area (Å²) in [4.78, 5) is 11.6. The lowest BCUT2D eigenvalue weighted by molar-refractivity contribution is 0.0694. The highest BCUT2D eigenvalue weighted by atomic mass is 16.5. The molecule has 0 radical (unpaired) electrons. The van der Waals surface area contributed by atoms with E-state index in [0.29, 0.717) is 49.1 Å². The second-order valence-corrected chi connectivity index (χ2v) is 9.09. The van der Waals surface area contributed by atoms with Crippen molar-refractivity contribution >= 4 is 5.97 Å². The zero-order valence-corrected chi connectivity index (χ0v) is 22.4. The number of phenolic OH excluding ortho intramolecular Hbond substituents is 1. The summed E-state index contributed by atoms with van der Waals surface area (Å²) < 4.78 is 18.2. The molecule has 0 amide bonds. The van der Waals surface area contributed by atoms with Gasteiger partial charge in [0, 0.05) is 23.1 Å². The van der Waals surface area contributed by atoms with E-state index in [1.807, 2.05) is 67.6 Å². The third kappa shape index (κ3) is 6.71. The number of hydrogen-bond acceptors (Lipinski definition) is 5. The Morgan fingerprint density at radius 3 is 2.05 bits per heavy atom. The molecule has 6 heteroatoms. The maximum atomic E-state index is 11.6. The first-order chi connectivity index (χ1) is 19.0. The van der Waals surface area contributed by atoms with Gasteiger partial charge in [0.2, 0.25) is 0 Å². The third-order valence-corrected chi connectivity index (χ3v) is 6.41. The SMILES string of the molecule is CCCc1c(OCCCOc2ccc(-c3ccccc3)c(O)c2CC)cccc1Oc1ccccc1C(=O)O. The summed E-state index contributed by atoms with van der Waals surface area (Å²) in [5.74, 6) is 1.48. The summed E-state index contributed by atoms with van der Waals surface area (Å²) in [6.07, 6.45) is 2.90. The number of aromatic hydroxyl groups is 1. The number of carbonyl (C=O) groups is 1. The lowest BCUT2D eigenvalue weighted by Crippen LogP contribution is -2.08. The van der Waals surface area contributed by atoms with Crippen LogP contribution in [0, 0.1) is 0 Å². The van der Waals surface area contributed by atoms with Crippen LogP contribution in [0.2, 0.25) is 0 Å². The topological polar surface area (TPSA) is 85.2 Å². The quantitative estimate of drug-likeness (QED) is 0.172. The largest absolute Gasteiger partial charge is 0.507 e. The summed E-state index contributed by atoms with van der Waals surface area (Å²) in [6, 6.07) is 25.8. The molecule has 4 aromatic rings. The highest BCUT2D eigenvalue weighted by molar-refractivity contribution is 5.91. The van der Waals surface area contributed by atoms with Gasteiger partial charge in [0.25, 0.3) is 0 Å². The first-order valence-corrected chi connectivity index (χ1v) is 13.3. The van der Waals surface area contributed by atoms with Crippen molar-refractivity contribution in [1.29, 1.82) is 0 Å². The van der Waals surface area contributed by atoms with E-state index in [1.54, 1.807) is 18.2 Å². The second-order valence-electron chi connectivity index (χ2n) is 9.09. The number of carboxylic acids is 1. The predicted octanol–water partition coefficient (Wildman–Crippen LogP) is 7.91. The van der Waals surface area contributed by atoms with Gasteiger partial charge in [0.1, 0.15) is 34.3 Å². The van der Waals surface area contributed by atoms with Crippen LogP contribution in [0.3, 0.4) is 0 Å². The summed E-state index contributed by atoms with van der Waals surface area (Å²) in [5.41, 5.74) is 3.55. The van der Waals surface area contributed by atoms with Crippen LogP contribution < -0.4 is 14.2 Å². The molecule has 202 valence electrons. The van der Waals surface area contributed by atoms with Crippen LogP contribution in [-0.4, -0.2) is 29.4 Å². The molecule has 6 nitrogen and oxygen atoms in total. The van der Waals surface area contributed by atoms with Crippen LogP contribution in [-0.2, 0) is 12.8 Å². The molecule has 0 heterocycles. The van der Waals surface area contributed by atoms with Crippen LogP contribution in [0.4, 0.5) is 0 Å². The maximum absolute atomic E-state index is 11.6. The Balaban J connectivity index is 1.40. The highest BCUT2D eigenvalue weighted by Gasteiger charge is 2.16. The molecule has 0 aromatic heterocycles. The van der Waals surface area contributed by atoms with Crippen molar-refractivity contribution < 1.29 is 29.2 Å². The number of phenols is 1. The van der Waals surface area contributed by atoms with Crippen LogP contribution in [0.25, 0.3) is 11.1 Å². The van der Waals surface area contributed by atoms with Gasteiger partial charge in [0.15, 0.2) is 0 Å². The molecule has 4 rings (SSSR count). The second kappa shape index (κ2) is 13.4. The molecule has 0 atom stereocenters. The summed E-state index contributed by atoms with van der Waals surface area (Å²) >= 11 is 0. The summed E-state index contributed by atoms with van der Waals surface area (Å²) in [5, 5.41) is 20.4. The normalized spacial score (nSPS) is 10.7. The standard InChI is InChI=1S/C33H34O6/c1-3-12-26-28(17-10-18-30(26)39-31-16-9-8-15-27(31)33(35)36)37-21-11-22-38-29-20-19-25(32(34)24(29)4-2)23-13-6-5-7-14-23/h5-10,13-20,34H,3-4,11-12,21-22H2,1-2H3,(H,35,36). The molecule has 0 saturated heterocycles. The summed E-state index contributed by atoms with van der Waals surface area (Å²) in [6.45, 7) is 4.94. The monoisotopic (exact) mass is 526 g/mol. The Hall–Kier alpha value is -4.45. The van der Waals surface area contributed by atoms with Crippen LogP contribution in [0.15, 0.2) is 84.9 Å². The van der Waals surface area contributed by atoms with Gasteiger partial charge in [-0.3, -0.25) is 0 Å². The molecule has 0 aliphatic rings. The average molecular weight is 527 g/mol. The van der Waals surface area contributed by atoms with E-state index in [0.717, 1.165) is 35.1 Å². The highest BCUT2D eigenvalue weighted by Crippen LogP contribution is 2.38. The van der Waals surface area contributed by atoms with E-state index in [-0.39, 0.29) is 11.3 Å². The lowest BCUT2D eigenvalue weighted by atomic mass is 9.99. The predicted molar refractivity (Wildman–Crippen MR) is 152 cm³/mol. The Morgan fingerprint density at radius 2 is 1.36 bits per heavy atom. The smallest absolute Gasteiger partial charge is 0.339 e. The molecule has 2 N–H and O–H groups in total. The van der Waals surface area contributed by atoms with Crippen LogP contribution in [0.1, 0.15) is 48.2 Å². The Bertz CT molecular complexity index is 1400. The van der Waals surface area contributed by atoms with Gasteiger partial charge in [0.05, 0.1) is 13.2 Å². The molecule has 0 spiro atoms. The van der Waals surface area contributed by atoms with Crippen molar-refractivity contribution in [2.75, 3.05) is 13.2 Å². The average Bonchev–Trinajstić information content (AvgIpc) is 2.95. The van der Waals surface area contributed by atoms with E-state index in [2.05, 4.69) is 6.92 Å². The molecular weight excluding hydrogens is 492 g/mol. The van der Waals surface area contributed by atoms with E-state index < -0.39 is 5.97 Å². The van der Waals surface area contributed by atoms with Gasteiger partial charge in [-0.15, -0.1) is 0 Å². The minimum absolute atomic E-state index is 0.109. The van der Waals surface area contributed by atoms with Gasteiger partial charge in [-0.25, -0.2) is 4.79 Å². The molecule has 39 heavy (non-hydrogen) atoms. The van der Waals surface area contributed by atoms with Gasteiger partial charge < -0.3 is 24.4 Å². The van der Waals surface area contributed by atoms with Gasteiger partial charge in [-0.2, -0.15) is 0 Å². The number of ether oxygens (including phenoxy) is 3. The Morgan fingerprint density at radius 1 is 0.718 bits per heavy atom. The van der Waals surface area contributed by atoms with Crippen molar-refractivity contribution in [3.8, 4) is 39.9 Å². The van der Waals surface area contributed by atoms with Crippen molar-refractivity contribution in [1.82, 2.24) is 0 Å². The minimum atomic E-state index is -1.04. The van der Waals surface area contributed by atoms with Crippen LogP contribution >= 0.6 is 0 Å². The van der Waals surface area contributed by atoms with E-state index in [9.17, 15) is 15.0 Å². The fourth-order valence-electron chi connectivity index (χ4n) is 4.49. The van der Waals surface area contributed by atoms with Gasteiger partial charge in [-0.1, -0.05) is 68.8 Å². The first-order valence-electron chi connectivity index (χ1n) is 13.3. The fourth-order valence-corrected chi connectivity index (χ4v) is 4.49. The molecule has 0 aliphatic heterocycles. The van der Waals surface area contributed by atoms with Gasteiger partial charge >= 0.3 is 5.97 Å². The third-order valence-electron chi connectivity index (χ3n) is 6.41. The number of aromatic carboxylic acids is 1. The van der Waals surface area contributed by atoms with Crippen LogP contribution in [0.5, 0.6) is 28.7 Å². The number of hydrogen-bond donors (Lipinski definition) is 2. The number of benzene rings is 4. The van der Waals surface area contributed by atoms with Crippen molar-refractivity contribution in [3.63, 3.8) is 0 Å². The molecule has 4 aromatic carbocycles.